The fourth-order valence-corrected chi connectivity index (χ4v) is 5.17. The molecule has 0 N–H and O–H groups in total. The Morgan fingerprint density at radius 1 is 1.12 bits per heavy atom. The number of carbonyl (C=O) groups excluding carboxylic acids is 2. The number of hydrogen-bond acceptors (Lipinski definition) is 8. The first kappa shape index (κ1) is 21.4. The van der Waals surface area contributed by atoms with Crippen LogP contribution < -0.4 is 0 Å². The van der Waals surface area contributed by atoms with E-state index in [2.05, 4.69) is 0 Å². The van der Waals surface area contributed by atoms with Crippen molar-refractivity contribution in [1.82, 2.24) is 0 Å². The molecule has 0 amide bonds. The van der Waals surface area contributed by atoms with Crippen molar-refractivity contribution in [2.45, 2.75) is 70.5 Å². The summed E-state index contributed by atoms with van der Waals surface area (Å²) in [5.41, 5.74) is 0. The van der Waals surface area contributed by atoms with Crippen LogP contribution >= 0.6 is 21.6 Å². The van der Waals surface area contributed by atoms with Crippen molar-refractivity contribution in [1.29, 1.82) is 0 Å². The Morgan fingerprint density at radius 3 is 2.54 bits per heavy atom. The highest BCUT2D eigenvalue weighted by Crippen LogP contribution is 2.39. The molecule has 0 aliphatic carbocycles. The van der Waals surface area contributed by atoms with Crippen molar-refractivity contribution >= 4 is 33.7 Å². The molecular weight excluding hydrogens is 352 g/mol. The highest BCUT2D eigenvalue weighted by molar-refractivity contribution is 8.77. The van der Waals surface area contributed by atoms with Crippen LogP contribution in [-0.4, -0.2) is 48.7 Å². The quantitative estimate of drug-likeness (QED) is 0.229. The summed E-state index contributed by atoms with van der Waals surface area (Å²) in [7, 11) is 3.89. The molecule has 0 aromatic heterocycles. The zero-order valence-corrected chi connectivity index (χ0v) is 16.3. The molecule has 1 saturated heterocycles. The number of unbranched alkanes of at least 4 members (excludes halogenated alkanes) is 1. The van der Waals surface area contributed by atoms with Gasteiger partial charge in [-0.2, -0.15) is 0 Å². The van der Waals surface area contributed by atoms with E-state index < -0.39 is 12.4 Å². The predicted molar refractivity (Wildman–Crippen MR) is 96.0 cm³/mol. The number of ether oxygens (including phenoxy) is 4. The summed E-state index contributed by atoms with van der Waals surface area (Å²) in [5.74, 6) is 0.985. The molecule has 1 heterocycles. The molecule has 2 unspecified atom stereocenters. The van der Waals surface area contributed by atoms with E-state index in [1.165, 1.54) is 12.2 Å². The Balaban J connectivity index is 1.93. The molecule has 140 valence electrons. The average Bonchev–Trinajstić information content (AvgIpc) is 3.00. The van der Waals surface area contributed by atoms with Crippen LogP contribution in [0.1, 0.15) is 52.9 Å². The van der Waals surface area contributed by atoms with Crippen molar-refractivity contribution < 1.29 is 28.5 Å². The van der Waals surface area contributed by atoms with E-state index in [1.807, 2.05) is 35.4 Å². The van der Waals surface area contributed by atoms with Crippen molar-refractivity contribution in [2.24, 2.45) is 0 Å². The Morgan fingerprint density at radius 2 is 1.88 bits per heavy atom. The Hall–Kier alpha value is -0.600. The van der Waals surface area contributed by atoms with Crippen molar-refractivity contribution in [3.8, 4) is 0 Å². The van der Waals surface area contributed by atoms with Gasteiger partial charge in [0.1, 0.15) is 13.2 Å². The fourth-order valence-electron chi connectivity index (χ4n) is 2.14. The average molecular weight is 381 g/mol. The molecule has 6 nitrogen and oxygen atoms in total. The molecule has 0 saturated carbocycles. The Labute approximate surface area is 152 Å². The van der Waals surface area contributed by atoms with Gasteiger partial charge in [-0.3, -0.25) is 4.79 Å². The van der Waals surface area contributed by atoms with Crippen molar-refractivity contribution in [2.75, 3.05) is 19.0 Å². The van der Waals surface area contributed by atoms with Gasteiger partial charge in [-0.1, -0.05) is 28.0 Å². The normalized spacial score (nSPS) is 18.4. The van der Waals surface area contributed by atoms with E-state index in [-0.39, 0.29) is 25.3 Å². The van der Waals surface area contributed by atoms with Gasteiger partial charge in [-0.25, -0.2) is 4.79 Å². The summed E-state index contributed by atoms with van der Waals surface area (Å²) in [6.45, 7) is 5.33. The minimum Gasteiger partial charge on any atom is -0.462 e. The molecule has 8 heteroatoms. The first-order chi connectivity index (χ1) is 11.5. The molecule has 0 radical (unpaired) electrons. The lowest BCUT2D eigenvalue weighted by molar-refractivity contribution is -0.147. The van der Waals surface area contributed by atoms with Crippen LogP contribution in [0.3, 0.4) is 0 Å². The zero-order chi connectivity index (χ0) is 17.8. The molecule has 2 atom stereocenters. The molecule has 1 aliphatic rings. The first-order valence-electron chi connectivity index (χ1n) is 8.40. The number of esters is 1. The van der Waals surface area contributed by atoms with Gasteiger partial charge in [0.15, 0.2) is 0 Å². The van der Waals surface area contributed by atoms with Crippen molar-refractivity contribution in [3.63, 3.8) is 0 Å². The van der Waals surface area contributed by atoms with E-state index in [4.69, 9.17) is 18.9 Å². The van der Waals surface area contributed by atoms with Crippen LogP contribution in [0.2, 0.25) is 0 Å². The lowest BCUT2D eigenvalue weighted by Gasteiger charge is -2.16. The third-order valence-corrected chi connectivity index (χ3v) is 6.18. The Bertz CT molecular complexity index is 372. The zero-order valence-electron chi connectivity index (χ0n) is 14.7. The second-order valence-electron chi connectivity index (χ2n) is 5.76. The second kappa shape index (κ2) is 12.7. The third-order valence-electron chi connectivity index (χ3n) is 3.18. The summed E-state index contributed by atoms with van der Waals surface area (Å²) >= 11 is 0. The van der Waals surface area contributed by atoms with Gasteiger partial charge >= 0.3 is 12.1 Å². The minimum absolute atomic E-state index is 0.0189. The largest absolute Gasteiger partial charge is 0.510 e. The van der Waals surface area contributed by atoms with Gasteiger partial charge < -0.3 is 18.9 Å². The highest BCUT2D eigenvalue weighted by atomic mass is 33.1. The maximum absolute atomic E-state index is 11.6. The molecule has 0 aromatic carbocycles. The summed E-state index contributed by atoms with van der Waals surface area (Å²) in [4.78, 5) is 22.9. The third kappa shape index (κ3) is 11.0. The van der Waals surface area contributed by atoms with Gasteiger partial charge in [0.05, 0.1) is 6.10 Å². The minimum atomic E-state index is -0.828. The SMILES string of the molecule is CC(C)OC(C)OC(=O)OCCOC(=O)CCCCC1CCSS1. The van der Waals surface area contributed by atoms with E-state index in [1.54, 1.807) is 6.92 Å². The lowest BCUT2D eigenvalue weighted by Crippen LogP contribution is -2.23. The van der Waals surface area contributed by atoms with Gasteiger partial charge in [-0.15, -0.1) is 0 Å². The van der Waals surface area contributed by atoms with Crippen LogP contribution in [0.5, 0.6) is 0 Å². The highest BCUT2D eigenvalue weighted by Gasteiger charge is 2.16. The summed E-state index contributed by atoms with van der Waals surface area (Å²) in [6.07, 6.45) is 3.19. The smallest absolute Gasteiger partial charge is 0.462 e. The monoisotopic (exact) mass is 380 g/mol. The van der Waals surface area contributed by atoms with Gasteiger partial charge in [0.25, 0.3) is 0 Å². The maximum atomic E-state index is 11.6. The van der Waals surface area contributed by atoms with E-state index in [9.17, 15) is 9.59 Å². The van der Waals surface area contributed by atoms with Crippen LogP contribution in [0, 0.1) is 0 Å². The van der Waals surface area contributed by atoms with Gasteiger partial charge in [0.2, 0.25) is 6.29 Å². The molecule has 1 rings (SSSR count). The van der Waals surface area contributed by atoms with Crippen molar-refractivity contribution in [3.05, 3.63) is 0 Å². The standard InChI is InChI=1S/C16H28O6S2/c1-12(2)21-13(3)22-16(18)20-10-9-19-15(17)7-5-4-6-14-8-11-23-24-14/h12-14H,4-11H2,1-3H3. The predicted octanol–water partition coefficient (Wildman–Crippen LogP) is 4.17. The molecule has 0 aromatic rings. The first-order valence-corrected chi connectivity index (χ1v) is 10.8. The van der Waals surface area contributed by atoms with E-state index in [0.29, 0.717) is 6.42 Å². The van der Waals surface area contributed by atoms with Crippen LogP contribution in [0.15, 0.2) is 0 Å². The maximum Gasteiger partial charge on any atom is 0.510 e. The van der Waals surface area contributed by atoms with Crippen LogP contribution in [-0.2, 0) is 23.7 Å². The molecule has 24 heavy (non-hydrogen) atoms. The topological polar surface area (TPSA) is 71.1 Å². The summed E-state index contributed by atoms with van der Waals surface area (Å²) in [5, 5.41) is 0.743. The van der Waals surface area contributed by atoms with Gasteiger partial charge in [0, 0.05) is 17.4 Å². The molecular formula is C16H28O6S2. The summed E-state index contributed by atoms with van der Waals surface area (Å²) < 4.78 is 20.0. The molecule has 1 aliphatic heterocycles. The fraction of sp³-hybridized carbons (Fsp3) is 0.875. The number of carbonyl (C=O) groups is 2. The van der Waals surface area contributed by atoms with Crippen LogP contribution in [0.25, 0.3) is 0 Å². The van der Waals surface area contributed by atoms with Gasteiger partial charge in [-0.05, 0) is 40.0 Å². The number of hydrogen-bond donors (Lipinski definition) is 0. The Kier molecular flexibility index (Phi) is 11.4. The number of rotatable bonds is 11. The summed E-state index contributed by atoms with van der Waals surface area (Å²) in [6, 6.07) is 0. The van der Waals surface area contributed by atoms with E-state index >= 15 is 0 Å². The molecule has 1 fully saturated rings. The molecule has 0 bridgehead atoms. The molecule has 0 spiro atoms. The second-order valence-corrected chi connectivity index (χ2v) is 8.55. The van der Waals surface area contributed by atoms with Crippen LogP contribution in [0.4, 0.5) is 4.79 Å². The lowest BCUT2D eigenvalue weighted by atomic mass is 10.1. The van der Waals surface area contributed by atoms with E-state index in [0.717, 1.165) is 24.5 Å².